The van der Waals surface area contributed by atoms with Crippen LogP contribution >= 0.6 is 0 Å². The van der Waals surface area contributed by atoms with Crippen LogP contribution < -0.4 is 10.1 Å². The van der Waals surface area contributed by atoms with Crippen molar-refractivity contribution in [2.75, 3.05) is 7.11 Å². The molecule has 1 aliphatic carbocycles. The molecule has 4 rings (SSSR count). The number of aryl methyl sites for hydroxylation is 1. The Morgan fingerprint density at radius 3 is 2.70 bits per heavy atom. The second-order valence-corrected chi connectivity index (χ2v) is 6.99. The third-order valence-corrected chi connectivity index (χ3v) is 5.24. The molecule has 0 spiro atoms. The van der Waals surface area contributed by atoms with E-state index in [9.17, 15) is 0 Å². The first-order valence-electron chi connectivity index (χ1n) is 9.30. The number of nitrogens with zero attached hydrogens (tertiary/aromatic N) is 2. The van der Waals surface area contributed by atoms with E-state index in [4.69, 9.17) is 14.3 Å². The summed E-state index contributed by atoms with van der Waals surface area (Å²) in [5.41, 5.74) is 4.66. The lowest BCUT2D eigenvalue weighted by Gasteiger charge is -2.14. The lowest BCUT2D eigenvalue weighted by molar-refractivity contribution is 0.414. The highest BCUT2D eigenvalue weighted by Gasteiger charge is 2.26. The number of methoxy groups -OCH3 is 1. The van der Waals surface area contributed by atoms with Gasteiger partial charge in [0.05, 0.1) is 31.3 Å². The molecule has 1 aliphatic rings. The largest absolute Gasteiger partial charge is 0.497 e. The zero-order valence-corrected chi connectivity index (χ0v) is 16.0. The van der Waals surface area contributed by atoms with Gasteiger partial charge in [0.15, 0.2) is 0 Å². The van der Waals surface area contributed by atoms with Crippen LogP contribution in [0.4, 0.5) is 0 Å². The molecule has 140 valence electrons. The predicted octanol–water partition coefficient (Wildman–Crippen LogP) is 4.29. The third-order valence-electron chi connectivity index (χ3n) is 5.24. The highest BCUT2D eigenvalue weighted by atomic mass is 16.5. The minimum absolute atomic E-state index is 0.350. The zero-order chi connectivity index (χ0) is 18.8. The molecule has 2 aromatic heterocycles. The van der Waals surface area contributed by atoms with E-state index in [0.717, 1.165) is 35.9 Å². The van der Waals surface area contributed by atoms with E-state index in [2.05, 4.69) is 31.3 Å². The molecule has 0 aliphatic heterocycles. The van der Waals surface area contributed by atoms with Gasteiger partial charge in [0, 0.05) is 23.2 Å². The Morgan fingerprint density at radius 1 is 1.19 bits per heavy atom. The maximum absolute atomic E-state index is 5.40. The summed E-state index contributed by atoms with van der Waals surface area (Å²) in [6.45, 7) is 4.99. The average Bonchev–Trinajstić information content (AvgIpc) is 3.41. The Kier molecular flexibility index (Phi) is 4.86. The van der Waals surface area contributed by atoms with Gasteiger partial charge in [0.25, 0.3) is 0 Å². The van der Waals surface area contributed by atoms with Gasteiger partial charge in [0.2, 0.25) is 0 Å². The second kappa shape index (κ2) is 7.45. The number of benzene rings is 1. The first-order valence-corrected chi connectivity index (χ1v) is 9.30. The number of furan rings is 1. The van der Waals surface area contributed by atoms with Crippen molar-refractivity contribution in [1.82, 2.24) is 15.1 Å². The molecule has 5 heteroatoms. The molecule has 2 atom stereocenters. The Morgan fingerprint density at radius 2 is 2.00 bits per heavy atom. The highest BCUT2D eigenvalue weighted by molar-refractivity contribution is 5.43. The maximum Gasteiger partial charge on any atom is 0.119 e. The van der Waals surface area contributed by atoms with E-state index in [-0.39, 0.29) is 0 Å². The van der Waals surface area contributed by atoms with Crippen LogP contribution in [-0.4, -0.2) is 22.9 Å². The number of hydrogen-bond donors (Lipinski definition) is 1. The predicted molar refractivity (Wildman–Crippen MR) is 105 cm³/mol. The lowest BCUT2D eigenvalue weighted by atomic mass is 9.96. The quantitative estimate of drug-likeness (QED) is 0.664. The minimum Gasteiger partial charge on any atom is -0.497 e. The number of nitrogens with one attached hydrogen (secondary N) is 1. The fraction of sp³-hybridized carbons (Fsp3) is 0.318. The molecule has 3 aromatic rings. The summed E-state index contributed by atoms with van der Waals surface area (Å²) < 4.78 is 12.7. The van der Waals surface area contributed by atoms with Gasteiger partial charge in [-0.05, 0) is 56.7 Å². The van der Waals surface area contributed by atoms with E-state index in [1.54, 1.807) is 13.4 Å². The lowest BCUT2D eigenvalue weighted by Crippen LogP contribution is -2.25. The smallest absolute Gasteiger partial charge is 0.119 e. The van der Waals surface area contributed by atoms with E-state index in [1.165, 1.54) is 11.3 Å². The Balaban J connectivity index is 1.49. The third kappa shape index (κ3) is 3.55. The molecule has 27 heavy (non-hydrogen) atoms. The standard InChI is InChI=1S/C22H25N3O2/c1-15-22(16(2)25(24-15)19-8-10-20(26-3)11-9-19)17-6-7-18(13-17)23-14-21-5-4-12-27-21/h4-12,17-18,23H,13-14H2,1-3H3. The fourth-order valence-corrected chi connectivity index (χ4v) is 3.88. The van der Waals surface area contributed by atoms with Gasteiger partial charge in [-0.15, -0.1) is 0 Å². The molecule has 2 unspecified atom stereocenters. The van der Waals surface area contributed by atoms with E-state index in [0.29, 0.717) is 12.0 Å². The molecular formula is C22H25N3O2. The molecule has 0 bridgehead atoms. The van der Waals surface area contributed by atoms with Crippen LogP contribution in [0.5, 0.6) is 5.75 Å². The number of hydrogen-bond acceptors (Lipinski definition) is 4. The summed E-state index contributed by atoms with van der Waals surface area (Å²) in [6, 6.07) is 12.3. The van der Waals surface area contributed by atoms with Crippen molar-refractivity contribution >= 4 is 0 Å². The van der Waals surface area contributed by atoms with Crippen LogP contribution in [0.15, 0.2) is 59.2 Å². The van der Waals surface area contributed by atoms with Gasteiger partial charge in [0.1, 0.15) is 11.5 Å². The zero-order valence-electron chi connectivity index (χ0n) is 16.0. The Hall–Kier alpha value is -2.79. The highest BCUT2D eigenvalue weighted by Crippen LogP contribution is 2.34. The van der Waals surface area contributed by atoms with Gasteiger partial charge < -0.3 is 14.5 Å². The first kappa shape index (κ1) is 17.6. The van der Waals surface area contributed by atoms with E-state index in [1.807, 2.05) is 41.1 Å². The van der Waals surface area contributed by atoms with Crippen LogP contribution in [0.25, 0.3) is 5.69 Å². The van der Waals surface area contributed by atoms with E-state index < -0.39 is 0 Å². The second-order valence-electron chi connectivity index (χ2n) is 6.99. The maximum atomic E-state index is 5.40. The topological polar surface area (TPSA) is 52.2 Å². The monoisotopic (exact) mass is 363 g/mol. The molecule has 0 saturated carbocycles. The molecule has 2 heterocycles. The van der Waals surface area contributed by atoms with Crippen LogP contribution in [-0.2, 0) is 6.54 Å². The SMILES string of the molecule is COc1ccc(-n2nc(C)c(C3C=CC(NCc4ccco4)C3)c2C)cc1. The summed E-state index contributed by atoms with van der Waals surface area (Å²) >= 11 is 0. The van der Waals surface area contributed by atoms with Gasteiger partial charge in [-0.25, -0.2) is 4.68 Å². The van der Waals surface area contributed by atoms with Gasteiger partial charge in [-0.3, -0.25) is 0 Å². The molecule has 5 nitrogen and oxygen atoms in total. The number of rotatable bonds is 6. The normalized spacial score (nSPS) is 18.9. The van der Waals surface area contributed by atoms with Gasteiger partial charge in [-0.1, -0.05) is 12.2 Å². The van der Waals surface area contributed by atoms with Crippen LogP contribution in [0.1, 0.15) is 35.1 Å². The number of allylic oxidation sites excluding steroid dienone is 1. The summed E-state index contributed by atoms with van der Waals surface area (Å²) in [7, 11) is 1.68. The van der Waals surface area contributed by atoms with Crippen LogP contribution in [0.2, 0.25) is 0 Å². The minimum atomic E-state index is 0.350. The molecule has 0 saturated heterocycles. The van der Waals surface area contributed by atoms with Crippen molar-refractivity contribution in [3.05, 3.63) is 77.5 Å². The summed E-state index contributed by atoms with van der Waals surface area (Å²) in [5.74, 6) is 2.20. The molecule has 1 aromatic carbocycles. The summed E-state index contributed by atoms with van der Waals surface area (Å²) in [5, 5.41) is 8.35. The van der Waals surface area contributed by atoms with Crippen molar-refractivity contribution < 1.29 is 9.15 Å². The first-order chi connectivity index (χ1) is 13.2. The molecule has 0 fully saturated rings. The van der Waals surface area contributed by atoms with Crippen molar-refractivity contribution in [2.24, 2.45) is 0 Å². The summed E-state index contributed by atoms with van der Waals surface area (Å²) in [4.78, 5) is 0. The fourth-order valence-electron chi connectivity index (χ4n) is 3.88. The van der Waals surface area contributed by atoms with Crippen molar-refractivity contribution in [3.63, 3.8) is 0 Å². The molecule has 0 amide bonds. The average molecular weight is 363 g/mol. The summed E-state index contributed by atoms with van der Waals surface area (Å²) in [6.07, 6.45) is 7.31. The Bertz CT molecular complexity index is 923. The van der Waals surface area contributed by atoms with Gasteiger partial charge >= 0.3 is 0 Å². The molecule has 0 radical (unpaired) electrons. The molecule has 1 N–H and O–H groups in total. The van der Waals surface area contributed by atoms with E-state index >= 15 is 0 Å². The van der Waals surface area contributed by atoms with Crippen molar-refractivity contribution in [1.29, 1.82) is 0 Å². The van der Waals surface area contributed by atoms with Gasteiger partial charge in [-0.2, -0.15) is 5.10 Å². The van der Waals surface area contributed by atoms with Crippen LogP contribution in [0.3, 0.4) is 0 Å². The number of aromatic nitrogens is 2. The van der Waals surface area contributed by atoms with Crippen LogP contribution in [0, 0.1) is 13.8 Å². The number of ether oxygens (including phenoxy) is 1. The van der Waals surface area contributed by atoms with Crippen molar-refractivity contribution in [2.45, 2.75) is 38.8 Å². The van der Waals surface area contributed by atoms with Crippen molar-refractivity contribution in [3.8, 4) is 11.4 Å². The Labute approximate surface area is 159 Å². The molecular weight excluding hydrogens is 338 g/mol.